The second-order valence-corrected chi connectivity index (χ2v) is 11.3. The molecule has 7 rings (SSSR count). The minimum atomic E-state index is 0.527. The number of rotatable bonds is 8. The fraction of sp³-hybridized carbons (Fsp3) is 0.156. The van der Waals surface area contributed by atoms with Gasteiger partial charge in [0.15, 0.2) is 4.96 Å². The van der Waals surface area contributed by atoms with E-state index >= 15 is 0 Å². The molecule has 10 heteroatoms. The van der Waals surface area contributed by atoms with E-state index < -0.39 is 0 Å². The molecule has 0 unspecified atom stereocenters. The zero-order chi connectivity index (χ0) is 28.3. The van der Waals surface area contributed by atoms with Gasteiger partial charge in [-0.05, 0) is 60.2 Å². The Kier molecular flexibility index (Phi) is 7.44. The number of nitrogens with zero attached hydrogens (tertiary/aromatic N) is 5. The summed E-state index contributed by atoms with van der Waals surface area (Å²) in [5.74, 6) is 0.527. The molecule has 0 saturated carbocycles. The maximum absolute atomic E-state index is 6.17. The van der Waals surface area contributed by atoms with Crippen molar-refractivity contribution >= 4 is 50.9 Å². The molecule has 1 fully saturated rings. The fourth-order valence-corrected chi connectivity index (χ4v) is 6.04. The SMILES string of the molecule is Clc1cccc(CNc2cccc(-c3nc4sccn4c3-c3ccnc(Nc4ccc(N5CCOCC5)cc4)n3)c2)c1. The zero-order valence-electron chi connectivity index (χ0n) is 22.7. The molecule has 0 spiro atoms. The molecule has 42 heavy (non-hydrogen) atoms. The van der Waals surface area contributed by atoms with Gasteiger partial charge in [-0.1, -0.05) is 35.9 Å². The van der Waals surface area contributed by atoms with E-state index in [4.69, 9.17) is 26.3 Å². The summed E-state index contributed by atoms with van der Waals surface area (Å²) in [6.45, 7) is 4.01. The van der Waals surface area contributed by atoms with Gasteiger partial charge in [-0.3, -0.25) is 4.40 Å². The molecule has 0 atom stereocenters. The second-order valence-electron chi connectivity index (χ2n) is 9.97. The summed E-state index contributed by atoms with van der Waals surface area (Å²) in [6.07, 6.45) is 3.82. The number of anilines is 4. The summed E-state index contributed by atoms with van der Waals surface area (Å²) in [6, 6.07) is 26.5. The van der Waals surface area contributed by atoms with Gasteiger partial charge >= 0.3 is 0 Å². The predicted octanol–water partition coefficient (Wildman–Crippen LogP) is 7.37. The summed E-state index contributed by atoms with van der Waals surface area (Å²) in [5.41, 5.74) is 7.81. The lowest BCUT2D eigenvalue weighted by atomic mass is 10.1. The maximum Gasteiger partial charge on any atom is 0.227 e. The zero-order valence-corrected chi connectivity index (χ0v) is 24.3. The largest absolute Gasteiger partial charge is 0.381 e. The molecule has 4 heterocycles. The highest BCUT2D eigenvalue weighted by Gasteiger charge is 2.19. The van der Waals surface area contributed by atoms with Crippen LogP contribution in [0.5, 0.6) is 0 Å². The Balaban J connectivity index is 1.15. The number of nitrogens with one attached hydrogen (secondary N) is 2. The number of imidazole rings is 1. The minimum Gasteiger partial charge on any atom is -0.381 e. The highest BCUT2D eigenvalue weighted by atomic mass is 35.5. The first-order valence-corrected chi connectivity index (χ1v) is 15.0. The summed E-state index contributed by atoms with van der Waals surface area (Å²) < 4.78 is 7.57. The molecular formula is C32H28ClN7OS. The van der Waals surface area contributed by atoms with Crippen molar-refractivity contribution in [1.29, 1.82) is 0 Å². The Bertz CT molecular complexity index is 1830. The molecule has 8 nitrogen and oxygen atoms in total. The quantitative estimate of drug-likeness (QED) is 0.191. The van der Waals surface area contributed by atoms with Gasteiger partial charge in [-0.2, -0.15) is 0 Å². The highest BCUT2D eigenvalue weighted by Crippen LogP contribution is 2.35. The number of morpholine rings is 1. The molecule has 0 amide bonds. The number of thiazole rings is 1. The Morgan fingerprint density at radius 1 is 0.905 bits per heavy atom. The van der Waals surface area contributed by atoms with Gasteiger partial charge < -0.3 is 20.3 Å². The van der Waals surface area contributed by atoms with Crippen molar-refractivity contribution < 1.29 is 4.74 Å². The third-order valence-corrected chi connectivity index (χ3v) is 8.17. The van der Waals surface area contributed by atoms with E-state index in [0.29, 0.717) is 12.5 Å². The number of benzene rings is 3. The molecule has 0 radical (unpaired) electrons. The molecule has 3 aromatic carbocycles. The second kappa shape index (κ2) is 11.8. The van der Waals surface area contributed by atoms with Crippen LogP contribution in [0.15, 0.2) is 96.6 Å². The van der Waals surface area contributed by atoms with Gasteiger partial charge in [0.25, 0.3) is 0 Å². The first-order valence-electron chi connectivity index (χ1n) is 13.8. The molecule has 2 N–H and O–H groups in total. The Labute approximate surface area is 252 Å². The smallest absolute Gasteiger partial charge is 0.227 e. The molecule has 210 valence electrons. The van der Waals surface area contributed by atoms with Crippen LogP contribution in [0, 0.1) is 0 Å². The van der Waals surface area contributed by atoms with Gasteiger partial charge in [0, 0.05) is 65.1 Å². The molecule has 0 aliphatic carbocycles. The van der Waals surface area contributed by atoms with E-state index in [-0.39, 0.29) is 0 Å². The van der Waals surface area contributed by atoms with Crippen LogP contribution in [0.1, 0.15) is 5.56 Å². The van der Waals surface area contributed by atoms with Gasteiger partial charge in [0.05, 0.1) is 24.6 Å². The maximum atomic E-state index is 6.17. The van der Waals surface area contributed by atoms with Crippen LogP contribution >= 0.6 is 22.9 Å². The monoisotopic (exact) mass is 593 g/mol. The van der Waals surface area contributed by atoms with Crippen molar-refractivity contribution in [3.05, 3.63) is 107 Å². The van der Waals surface area contributed by atoms with E-state index in [1.165, 1.54) is 5.69 Å². The first kappa shape index (κ1) is 26.5. The Morgan fingerprint density at radius 2 is 1.76 bits per heavy atom. The lowest BCUT2D eigenvalue weighted by Crippen LogP contribution is -2.36. The van der Waals surface area contributed by atoms with E-state index in [9.17, 15) is 0 Å². The number of aromatic nitrogens is 4. The standard InChI is InChI=1S/C32H28ClN7OS/c33-24-5-1-3-22(19-24)21-35-26-6-2-4-23(20-26)29-30(40-15-18-42-32(40)38-29)28-11-12-34-31(37-28)36-25-7-9-27(10-8-25)39-13-16-41-17-14-39/h1-12,15,18-20,35H,13-14,16-17,21H2,(H,34,36,37). The van der Waals surface area contributed by atoms with E-state index in [2.05, 4.69) is 73.4 Å². The van der Waals surface area contributed by atoms with Crippen LogP contribution in [0.2, 0.25) is 5.02 Å². The number of halogens is 1. The van der Waals surface area contributed by atoms with Crippen LogP contribution in [-0.4, -0.2) is 45.7 Å². The highest BCUT2D eigenvalue weighted by molar-refractivity contribution is 7.15. The molecule has 1 aliphatic rings. The van der Waals surface area contributed by atoms with Gasteiger partial charge in [-0.15, -0.1) is 11.3 Å². The minimum absolute atomic E-state index is 0.527. The average Bonchev–Trinajstić information content (AvgIpc) is 3.63. The lowest BCUT2D eigenvalue weighted by molar-refractivity contribution is 0.122. The molecule has 3 aromatic heterocycles. The fourth-order valence-electron chi connectivity index (χ4n) is 5.12. The summed E-state index contributed by atoms with van der Waals surface area (Å²) in [4.78, 5) is 17.7. The van der Waals surface area contributed by atoms with Gasteiger partial charge in [0.2, 0.25) is 5.95 Å². The van der Waals surface area contributed by atoms with E-state index in [1.807, 2.05) is 41.9 Å². The summed E-state index contributed by atoms with van der Waals surface area (Å²) >= 11 is 7.77. The third kappa shape index (κ3) is 5.67. The van der Waals surface area contributed by atoms with Crippen LogP contribution in [-0.2, 0) is 11.3 Å². The van der Waals surface area contributed by atoms with E-state index in [0.717, 1.165) is 75.9 Å². The summed E-state index contributed by atoms with van der Waals surface area (Å²) in [7, 11) is 0. The third-order valence-electron chi connectivity index (χ3n) is 7.18. The van der Waals surface area contributed by atoms with Gasteiger partial charge in [0.1, 0.15) is 5.69 Å². The van der Waals surface area contributed by atoms with Crippen LogP contribution < -0.4 is 15.5 Å². The van der Waals surface area contributed by atoms with Gasteiger partial charge in [-0.25, -0.2) is 15.0 Å². The summed E-state index contributed by atoms with van der Waals surface area (Å²) in [5, 5.41) is 9.65. The van der Waals surface area contributed by atoms with Crippen LogP contribution in [0.25, 0.3) is 27.6 Å². The molecule has 6 aromatic rings. The predicted molar refractivity (Wildman–Crippen MR) is 171 cm³/mol. The average molecular weight is 594 g/mol. The van der Waals surface area contributed by atoms with Crippen molar-refractivity contribution in [3.8, 4) is 22.6 Å². The van der Waals surface area contributed by atoms with Crippen molar-refractivity contribution in [1.82, 2.24) is 19.4 Å². The van der Waals surface area contributed by atoms with Crippen molar-refractivity contribution in [2.24, 2.45) is 0 Å². The number of hydrogen-bond donors (Lipinski definition) is 2. The van der Waals surface area contributed by atoms with E-state index in [1.54, 1.807) is 17.5 Å². The van der Waals surface area contributed by atoms with Crippen LogP contribution in [0.4, 0.5) is 23.0 Å². The van der Waals surface area contributed by atoms with Crippen molar-refractivity contribution in [2.75, 3.05) is 41.8 Å². The number of ether oxygens (including phenoxy) is 1. The Morgan fingerprint density at radius 3 is 2.62 bits per heavy atom. The normalized spacial score (nSPS) is 13.4. The molecule has 1 aliphatic heterocycles. The van der Waals surface area contributed by atoms with Crippen molar-refractivity contribution in [3.63, 3.8) is 0 Å². The first-order chi connectivity index (χ1) is 20.7. The molecule has 1 saturated heterocycles. The Hall–Kier alpha value is -4.44. The molecule has 0 bridgehead atoms. The van der Waals surface area contributed by atoms with Crippen molar-refractivity contribution in [2.45, 2.75) is 6.54 Å². The lowest BCUT2D eigenvalue weighted by Gasteiger charge is -2.28. The number of fused-ring (bicyclic) bond motifs is 1. The van der Waals surface area contributed by atoms with Crippen LogP contribution in [0.3, 0.4) is 0 Å². The number of hydrogen-bond acceptors (Lipinski definition) is 8. The topological polar surface area (TPSA) is 79.6 Å². The molecular weight excluding hydrogens is 566 g/mol.